The number of carbonyl (C=O) groups is 1. The molecular weight excluding hydrogens is 356 g/mol. The normalized spacial score (nSPS) is 21.7. The number of amides is 1. The van der Waals surface area contributed by atoms with Crippen LogP contribution in [0.15, 0.2) is 16.9 Å². The lowest BCUT2D eigenvalue weighted by Crippen LogP contribution is -2.34. The molecule has 2 fully saturated rings. The molecule has 3 heterocycles. The van der Waals surface area contributed by atoms with Crippen molar-refractivity contribution in [1.82, 2.24) is 9.97 Å². The molecule has 1 aliphatic heterocycles. The van der Waals surface area contributed by atoms with Crippen molar-refractivity contribution in [3.63, 3.8) is 0 Å². The summed E-state index contributed by atoms with van der Waals surface area (Å²) in [6.45, 7) is 4.38. The van der Waals surface area contributed by atoms with Gasteiger partial charge in [0, 0.05) is 31.4 Å². The van der Waals surface area contributed by atoms with Crippen molar-refractivity contribution in [2.24, 2.45) is 11.8 Å². The smallest absolute Gasteiger partial charge is 0.227 e. The van der Waals surface area contributed by atoms with Gasteiger partial charge in [0.15, 0.2) is 0 Å². The first kappa shape index (κ1) is 15.0. The van der Waals surface area contributed by atoms with Crippen LogP contribution < -0.4 is 10.2 Å². The van der Waals surface area contributed by atoms with E-state index in [2.05, 4.69) is 43.0 Å². The Morgan fingerprint density at radius 1 is 1.43 bits per heavy atom. The molecule has 0 aromatic carbocycles. The first-order chi connectivity index (χ1) is 11.1. The second kappa shape index (κ2) is 5.82. The molecule has 1 saturated carbocycles. The molecule has 2 aromatic rings. The number of H-pyrrole nitrogens is 1. The monoisotopic (exact) mass is 376 g/mol. The van der Waals surface area contributed by atoms with Gasteiger partial charge in [0.05, 0.1) is 21.2 Å². The van der Waals surface area contributed by atoms with E-state index in [1.54, 1.807) is 0 Å². The summed E-state index contributed by atoms with van der Waals surface area (Å²) < 4.78 is 0.987. The summed E-state index contributed by atoms with van der Waals surface area (Å²) >= 11 is 3.67. The van der Waals surface area contributed by atoms with Crippen molar-refractivity contribution >= 4 is 44.2 Å². The number of aromatic amines is 1. The highest BCUT2D eigenvalue weighted by molar-refractivity contribution is 9.10. The minimum absolute atomic E-state index is 0.129. The highest BCUT2D eigenvalue weighted by Crippen LogP contribution is 2.40. The summed E-state index contributed by atoms with van der Waals surface area (Å²) in [6, 6.07) is 0. The van der Waals surface area contributed by atoms with E-state index in [0.717, 1.165) is 52.8 Å². The van der Waals surface area contributed by atoms with Gasteiger partial charge >= 0.3 is 0 Å². The molecule has 0 unspecified atom stereocenters. The summed E-state index contributed by atoms with van der Waals surface area (Å²) in [7, 11) is 0. The Labute approximate surface area is 144 Å². The van der Waals surface area contributed by atoms with Crippen LogP contribution in [0, 0.1) is 11.8 Å². The van der Waals surface area contributed by atoms with Gasteiger partial charge in [0.1, 0.15) is 5.65 Å². The summed E-state index contributed by atoms with van der Waals surface area (Å²) in [5.41, 5.74) is 2.82. The minimum atomic E-state index is 0.129. The molecule has 1 saturated heterocycles. The Bertz CT molecular complexity index is 752. The molecule has 1 aliphatic carbocycles. The van der Waals surface area contributed by atoms with Gasteiger partial charge in [-0.25, -0.2) is 4.98 Å². The summed E-state index contributed by atoms with van der Waals surface area (Å²) in [6.07, 6.45) is 8.20. The second-order valence-electron chi connectivity index (χ2n) is 6.84. The molecule has 1 amide bonds. The van der Waals surface area contributed by atoms with Gasteiger partial charge < -0.3 is 15.2 Å². The largest absolute Gasteiger partial charge is 0.370 e. The lowest BCUT2D eigenvalue weighted by Gasteiger charge is -2.34. The molecule has 2 aliphatic rings. The minimum Gasteiger partial charge on any atom is -0.370 e. The molecular formula is C17H21BrN4O. The number of hydrogen-bond acceptors (Lipinski definition) is 3. The molecule has 2 N–H and O–H groups in total. The molecule has 23 heavy (non-hydrogen) atoms. The van der Waals surface area contributed by atoms with Crippen LogP contribution in [0.4, 0.5) is 11.4 Å². The second-order valence-corrected chi connectivity index (χ2v) is 7.69. The summed E-state index contributed by atoms with van der Waals surface area (Å²) in [5, 5.41) is 4.10. The maximum atomic E-state index is 12.2. The molecule has 122 valence electrons. The quantitative estimate of drug-likeness (QED) is 0.853. The molecule has 6 heteroatoms. The first-order valence-electron chi connectivity index (χ1n) is 8.35. The third kappa shape index (κ3) is 2.84. The van der Waals surface area contributed by atoms with E-state index in [4.69, 9.17) is 0 Å². The number of fused-ring (bicyclic) bond motifs is 1. The van der Waals surface area contributed by atoms with Crippen LogP contribution in [0.1, 0.15) is 32.6 Å². The van der Waals surface area contributed by atoms with Gasteiger partial charge in [-0.15, -0.1) is 0 Å². The van der Waals surface area contributed by atoms with Crippen LogP contribution in [0.3, 0.4) is 0 Å². The van der Waals surface area contributed by atoms with E-state index in [9.17, 15) is 4.79 Å². The van der Waals surface area contributed by atoms with E-state index in [0.29, 0.717) is 5.92 Å². The topological polar surface area (TPSA) is 61.0 Å². The van der Waals surface area contributed by atoms with Gasteiger partial charge in [-0.3, -0.25) is 4.79 Å². The Balaban J connectivity index is 1.76. The molecule has 0 radical (unpaired) electrons. The van der Waals surface area contributed by atoms with Gasteiger partial charge in [-0.05, 0) is 47.5 Å². The maximum absolute atomic E-state index is 12.2. The van der Waals surface area contributed by atoms with Crippen molar-refractivity contribution in [3.05, 3.63) is 16.9 Å². The highest BCUT2D eigenvalue weighted by Gasteiger charge is 2.31. The van der Waals surface area contributed by atoms with E-state index in [1.807, 2.05) is 12.4 Å². The van der Waals surface area contributed by atoms with Gasteiger partial charge in [-0.2, -0.15) is 0 Å². The van der Waals surface area contributed by atoms with E-state index >= 15 is 0 Å². The zero-order chi connectivity index (χ0) is 16.0. The zero-order valence-corrected chi connectivity index (χ0v) is 14.8. The number of aromatic nitrogens is 2. The predicted octanol–water partition coefficient (Wildman–Crippen LogP) is 3.91. The van der Waals surface area contributed by atoms with Crippen LogP contribution in [-0.2, 0) is 4.79 Å². The number of anilines is 2. The van der Waals surface area contributed by atoms with Crippen LogP contribution in [0.2, 0.25) is 0 Å². The van der Waals surface area contributed by atoms with Gasteiger partial charge in [0.25, 0.3) is 0 Å². The molecule has 4 rings (SSSR count). The van der Waals surface area contributed by atoms with Gasteiger partial charge in [0.2, 0.25) is 5.91 Å². The number of hydrogen-bond donors (Lipinski definition) is 2. The highest BCUT2D eigenvalue weighted by atomic mass is 79.9. The molecule has 1 atom stereocenters. The number of halogens is 1. The van der Waals surface area contributed by atoms with Crippen molar-refractivity contribution in [2.45, 2.75) is 32.6 Å². The molecule has 5 nitrogen and oxygen atoms in total. The number of piperidine rings is 1. The van der Waals surface area contributed by atoms with Gasteiger partial charge in [-0.1, -0.05) is 6.92 Å². The third-order valence-corrected chi connectivity index (χ3v) is 5.39. The van der Waals surface area contributed by atoms with Crippen LogP contribution >= 0.6 is 15.9 Å². The molecule has 0 spiro atoms. The lowest BCUT2D eigenvalue weighted by atomic mass is 9.99. The predicted molar refractivity (Wildman–Crippen MR) is 95.8 cm³/mol. The maximum Gasteiger partial charge on any atom is 0.227 e. The van der Waals surface area contributed by atoms with Crippen LogP contribution in [0.5, 0.6) is 0 Å². The number of rotatable bonds is 3. The SMILES string of the molecule is C[C@@H]1CCCN(c2c(Br)cnc3[nH]cc(NC(=O)C4CC4)c23)C1. The Hall–Kier alpha value is -1.56. The van der Waals surface area contributed by atoms with Crippen molar-refractivity contribution < 1.29 is 4.79 Å². The average molecular weight is 377 g/mol. The molecule has 0 bridgehead atoms. The Morgan fingerprint density at radius 3 is 3.00 bits per heavy atom. The number of pyridine rings is 1. The van der Waals surface area contributed by atoms with Crippen molar-refractivity contribution in [1.29, 1.82) is 0 Å². The van der Waals surface area contributed by atoms with E-state index < -0.39 is 0 Å². The average Bonchev–Trinajstić information content (AvgIpc) is 3.31. The Kier molecular flexibility index (Phi) is 3.79. The molecule has 2 aromatic heterocycles. The van der Waals surface area contributed by atoms with Crippen LogP contribution in [0.25, 0.3) is 11.0 Å². The van der Waals surface area contributed by atoms with E-state index in [-0.39, 0.29) is 11.8 Å². The third-order valence-electron chi connectivity index (χ3n) is 4.81. The van der Waals surface area contributed by atoms with E-state index in [1.165, 1.54) is 12.8 Å². The fraction of sp³-hybridized carbons (Fsp3) is 0.529. The fourth-order valence-corrected chi connectivity index (χ4v) is 3.99. The number of nitrogens with one attached hydrogen (secondary N) is 2. The fourth-order valence-electron chi connectivity index (χ4n) is 3.44. The van der Waals surface area contributed by atoms with Crippen molar-refractivity contribution in [2.75, 3.05) is 23.3 Å². The summed E-state index contributed by atoms with van der Waals surface area (Å²) in [5.74, 6) is 1.00. The lowest BCUT2D eigenvalue weighted by molar-refractivity contribution is -0.117. The number of nitrogens with zero attached hydrogens (tertiary/aromatic N) is 2. The van der Waals surface area contributed by atoms with Crippen molar-refractivity contribution in [3.8, 4) is 0 Å². The standard InChI is InChI=1S/C17H21BrN4O/c1-10-3-2-6-22(9-10)15-12(18)7-19-16-14(15)13(8-20-16)21-17(23)11-4-5-11/h7-8,10-11H,2-6,9H2,1H3,(H,19,20)(H,21,23)/t10-/m1/s1. The summed E-state index contributed by atoms with van der Waals surface area (Å²) in [4.78, 5) is 22.3. The Morgan fingerprint density at radius 2 is 2.26 bits per heavy atom. The first-order valence-corrected chi connectivity index (χ1v) is 9.14. The zero-order valence-electron chi connectivity index (χ0n) is 13.2. The number of carbonyl (C=O) groups excluding carboxylic acids is 1. The van der Waals surface area contributed by atoms with Crippen LogP contribution in [-0.4, -0.2) is 29.0 Å².